The van der Waals surface area contributed by atoms with Crippen molar-refractivity contribution in [3.8, 4) is 0 Å². The maximum atomic E-state index is 11.3. The molecule has 1 unspecified atom stereocenters. The van der Waals surface area contributed by atoms with Gasteiger partial charge in [-0.1, -0.05) is 28.1 Å². The highest BCUT2D eigenvalue weighted by atomic mass is 79.9. The fourth-order valence-corrected chi connectivity index (χ4v) is 3.45. The molecule has 3 nitrogen and oxygen atoms in total. The van der Waals surface area contributed by atoms with Crippen LogP contribution in [0.5, 0.6) is 0 Å². The van der Waals surface area contributed by atoms with Gasteiger partial charge in [-0.25, -0.2) is 13.1 Å². The Balaban J connectivity index is 2.22. The number of benzene rings is 1. The highest BCUT2D eigenvalue weighted by molar-refractivity contribution is 9.10. The number of sulfonamides is 1. The Morgan fingerprint density at radius 3 is 2.24 bits per heavy atom. The van der Waals surface area contributed by atoms with Gasteiger partial charge in [-0.05, 0) is 37.5 Å². The summed E-state index contributed by atoms with van der Waals surface area (Å²) in [6.45, 7) is 1.94. The zero-order valence-electron chi connectivity index (χ0n) is 9.90. The summed E-state index contributed by atoms with van der Waals surface area (Å²) in [5.74, 6) is 0. The van der Waals surface area contributed by atoms with Crippen molar-refractivity contribution in [2.45, 2.75) is 31.2 Å². The van der Waals surface area contributed by atoms with Crippen LogP contribution in [0.15, 0.2) is 28.7 Å². The molecular formula is C12H16BrNO2S. The quantitative estimate of drug-likeness (QED) is 0.927. The average molecular weight is 318 g/mol. The largest absolute Gasteiger partial charge is 0.213 e. The standard InChI is InChI=1S/C12H16BrNO2S/c1-9(14-17(2,15)16)12(7-8-12)10-3-5-11(13)6-4-10/h3-6,9,14H,7-8H2,1-2H3. The van der Waals surface area contributed by atoms with Crippen molar-refractivity contribution in [3.63, 3.8) is 0 Å². The predicted octanol–water partition coefficient (Wildman–Crippen LogP) is 2.42. The minimum atomic E-state index is -3.14. The Hall–Kier alpha value is -0.390. The summed E-state index contributed by atoms with van der Waals surface area (Å²) in [5, 5.41) is 0. The van der Waals surface area contributed by atoms with E-state index in [4.69, 9.17) is 0 Å². The monoisotopic (exact) mass is 317 g/mol. The number of hydrogen-bond acceptors (Lipinski definition) is 2. The van der Waals surface area contributed by atoms with E-state index < -0.39 is 10.0 Å². The van der Waals surface area contributed by atoms with Crippen molar-refractivity contribution in [3.05, 3.63) is 34.3 Å². The highest BCUT2D eigenvalue weighted by Crippen LogP contribution is 2.51. The van der Waals surface area contributed by atoms with Crippen LogP contribution in [0.1, 0.15) is 25.3 Å². The fourth-order valence-electron chi connectivity index (χ4n) is 2.32. The molecule has 94 valence electrons. The third-order valence-electron chi connectivity index (χ3n) is 3.43. The summed E-state index contributed by atoms with van der Waals surface area (Å²) in [5.41, 5.74) is 1.20. The van der Waals surface area contributed by atoms with Crippen LogP contribution in [-0.4, -0.2) is 20.7 Å². The first-order valence-corrected chi connectivity index (χ1v) is 8.25. The van der Waals surface area contributed by atoms with E-state index in [0.717, 1.165) is 17.3 Å². The molecule has 1 fully saturated rings. The molecule has 1 aromatic carbocycles. The van der Waals surface area contributed by atoms with E-state index >= 15 is 0 Å². The first-order chi connectivity index (χ1) is 7.83. The molecule has 0 amide bonds. The van der Waals surface area contributed by atoms with E-state index in [9.17, 15) is 8.42 Å². The van der Waals surface area contributed by atoms with Gasteiger partial charge >= 0.3 is 0 Å². The van der Waals surface area contributed by atoms with Gasteiger partial charge in [0.2, 0.25) is 10.0 Å². The van der Waals surface area contributed by atoms with Crippen LogP contribution in [0, 0.1) is 0 Å². The molecule has 0 aliphatic heterocycles. The van der Waals surface area contributed by atoms with Gasteiger partial charge < -0.3 is 0 Å². The predicted molar refractivity (Wildman–Crippen MR) is 72.5 cm³/mol. The van der Waals surface area contributed by atoms with Gasteiger partial charge in [-0.15, -0.1) is 0 Å². The number of rotatable bonds is 4. The normalized spacial score (nSPS) is 19.9. The van der Waals surface area contributed by atoms with Crippen LogP contribution < -0.4 is 4.72 Å². The third kappa shape index (κ3) is 2.89. The molecule has 0 saturated heterocycles. The molecule has 1 saturated carbocycles. The summed E-state index contributed by atoms with van der Waals surface area (Å²) < 4.78 is 26.3. The second-order valence-corrected chi connectivity index (χ2v) is 7.47. The Morgan fingerprint density at radius 1 is 1.29 bits per heavy atom. The molecule has 0 spiro atoms. The first kappa shape index (κ1) is 13.1. The van der Waals surface area contributed by atoms with E-state index in [0.29, 0.717) is 0 Å². The van der Waals surface area contributed by atoms with E-state index in [-0.39, 0.29) is 11.5 Å². The molecular weight excluding hydrogens is 302 g/mol. The Morgan fingerprint density at radius 2 is 1.82 bits per heavy atom. The third-order valence-corrected chi connectivity index (χ3v) is 4.74. The van der Waals surface area contributed by atoms with Crippen LogP contribution in [0.2, 0.25) is 0 Å². The lowest BCUT2D eigenvalue weighted by atomic mass is 9.90. The topological polar surface area (TPSA) is 46.2 Å². The van der Waals surface area contributed by atoms with Crippen molar-refractivity contribution in [1.82, 2.24) is 4.72 Å². The van der Waals surface area contributed by atoms with Gasteiger partial charge in [0.1, 0.15) is 0 Å². The molecule has 5 heteroatoms. The van der Waals surface area contributed by atoms with Gasteiger partial charge in [0.15, 0.2) is 0 Å². The molecule has 17 heavy (non-hydrogen) atoms. The maximum absolute atomic E-state index is 11.3. The maximum Gasteiger partial charge on any atom is 0.208 e. The molecule has 1 aliphatic carbocycles. The van der Waals surface area contributed by atoms with Crippen molar-refractivity contribution in [2.24, 2.45) is 0 Å². The molecule has 1 aliphatic rings. The molecule has 2 rings (SSSR count). The second-order valence-electron chi connectivity index (χ2n) is 4.77. The summed E-state index contributed by atoms with van der Waals surface area (Å²) in [4.78, 5) is 0. The lowest BCUT2D eigenvalue weighted by molar-refractivity contribution is 0.497. The molecule has 1 aromatic rings. The van der Waals surface area contributed by atoms with Crippen molar-refractivity contribution in [1.29, 1.82) is 0 Å². The molecule has 0 bridgehead atoms. The summed E-state index contributed by atoms with van der Waals surface area (Å²) in [6.07, 6.45) is 3.29. The van der Waals surface area contributed by atoms with Crippen molar-refractivity contribution >= 4 is 26.0 Å². The van der Waals surface area contributed by atoms with Crippen LogP contribution in [0.4, 0.5) is 0 Å². The lowest BCUT2D eigenvalue weighted by Crippen LogP contribution is -2.40. The molecule has 1 N–H and O–H groups in total. The van der Waals surface area contributed by atoms with E-state index in [1.165, 1.54) is 11.8 Å². The lowest BCUT2D eigenvalue weighted by Gasteiger charge is -2.24. The van der Waals surface area contributed by atoms with E-state index in [1.807, 2.05) is 19.1 Å². The summed E-state index contributed by atoms with van der Waals surface area (Å²) in [6, 6.07) is 8.08. The smallest absolute Gasteiger partial charge is 0.208 e. The Labute approximate surface area is 111 Å². The zero-order chi connectivity index (χ0) is 12.7. The molecule has 0 aromatic heterocycles. The van der Waals surface area contributed by atoms with Gasteiger partial charge in [0, 0.05) is 15.9 Å². The number of hydrogen-bond donors (Lipinski definition) is 1. The van der Waals surface area contributed by atoms with Gasteiger partial charge in [-0.3, -0.25) is 0 Å². The zero-order valence-corrected chi connectivity index (χ0v) is 12.3. The first-order valence-electron chi connectivity index (χ1n) is 5.57. The SMILES string of the molecule is CC(NS(C)(=O)=O)C1(c2ccc(Br)cc2)CC1. The van der Waals surface area contributed by atoms with Gasteiger partial charge in [0.05, 0.1) is 6.26 Å². The van der Waals surface area contributed by atoms with E-state index in [2.05, 4.69) is 32.8 Å². The van der Waals surface area contributed by atoms with Gasteiger partial charge in [0.25, 0.3) is 0 Å². The van der Waals surface area contributed by atoms with E-state index in [1.54, 1.807) is 0 Å². The average Bonchev–Trinajstić information content (AvgIpc) is 2.97. The van der Waals surface area contributed by atoms with Crippen LogP contribution in [0.3, 0.4) is 0 Å². The number of nitrogens with one attached hydrogen (secondary N) is 1. The van der Waals surface area contributed by atoms with Crippen molar-refractivity contribution in [2.75, 3.05) is 6.26 Å². The molecule has 1 atom stereocenters. The summed E-state index contributed by atoms with van der Waals surface area (Å²) >= 11 is 3.41. The van der Waals surface area contributed by atoms with Crippen LogP contribution >= 0.6 is 15.9 Å². The Kier molecular flexibility index (Phi) is 3.36. The molecule has 0 radical (unpaired) electrons. The summed E-state index contributed by atoms with van der Waals surface area (Å²) in [7, 11) is -3.14. The van der Waals surface area contributed by atoms with Gasteiger partial charge in [-0.2, -0.15) is 0 Å². The minimum absolute atomic E-state index is 0.0101. The van der Waals surface area contributed by atoms with Crippen LogP contribution in [0.25, 0.3) is 0 Å². The highest BCUT2D eigenvalue weighted by Gasteiger charge is 2.49. The minimum Gasteiger partial charge on any atom is -0.213 e. The van der Waals surface area contributed by atoms with Crippen molar-refractivity contribution < 1.29 is 8.42 Å². The number of halogens is 1. The second kappa shape index (κ2) is 4.37. The fraction of sp³-hybridized carbons (Fsp3) is 0.500. The Bertz CT molecular complexity index is 506. The molecule has 0 heterocycles. The van der Waals surface area contributed by atoms with Crippen LogP contribution in [-0.2, 0) is 15.4 Å².